The summed E-state index contributed by atoms with van der Waals surface area (Å²) in [5, 5.41) is 1.11. The first kappa shape index (κ1) is 12.9. The monoisotopic (exact) mass is 293 g/mol. The Bertz CT molecular complexity index is 807. The van der Waals surface area contributed by atoms with Gasteiger partial charge in [0.15, 0.2) is 0 Å². The molecule has 1 aliphatic heterocycles. The fourth-order valence-electron chi connectivity index (χ4n) is 2.65. The number of H-pyrrole nitrogens is 1. The quantitative estimate of drug-likeness (QED) is 0.807. The molecule has 0 spiro atoms. The lowest BCUT2D eigenvalue weighted by molar-refractivity contribution is 0.0177. The molecule has 0 aliphatic carbocycles. The molecule has 3 heterocycles. The lowest BCUT2D eigenvalue weighted by Gasteiger charge is -2.38. The molecule has 0 radical (unpaired) electrons. The molecule has 1 amide bonds. The van der Waals surface area contributed by atoms with Crippen molar-refractivity contribution in [3.05, 3.63) is 60.6 Å². The van der Waals surface area contributed by atoms with Gasteiger partial charge in [0.1, 0.15) is 11.9 Å². The fourth-order valence-corrected chi connectivity index (χ4v) is 2.65. The van der Waals surface area contributed by atoms with E-state index in [1.807, 2.05) is 42.6 Å². The summed E-state index contributed by atoms with van der Waals surface area (Å²) >= 11 is 0. The molecular weight excluding hydrogens is 278 g/mol. The minimum atomic E-state index is 0.0439. The highest BCUT2D eigenvalue weighted by Gasteiger charge is 2.32. The standard InChI is InChI=1S/C17H15N3O2/c21-17(13-4-3-12-5-7-19-16(12)8-13)20-10-15(11-20)22-14-2-1-6-18-9-14/h1-9,15,19H,10-11H2. The number of rotatable bonds is 3. The van der Waals surface area contributed by atoms with E-state index >= 15 is 0 Å². The van der Waals surface area contributed by atoms with Crippen LogP contribution in [-0.4, -0.2) is 40.0 Å². The minimum absolute atomic E-state index is 0.0439. The highest BCUT2D eigenvalue weighted by atomic mass is 16.5. The van der Waals surface area contributed by atoms with E-state index in [0.717, 1.165) is 16.7 Å². The zero-order chi connectivity index (χ0) is 14.9. The summed E-state index contributed by atoms with van der Waals surface area (Å²) in [7, 11) is 0. The largest absolute Gasteiger partial charge is 0.485 e. The van der Waals surface area contributed by atoms with Crippen LogP contribution in [0.3, 0.4) is 0 Å². The van der Waals surface area contributed by atoms with E-state index < -0.39 is 0 Å². The van der Waals surface area contributed by atoms with Crippen LogP contribution in [0.25, 0.3) is 10.9 Å². The van der Waals surface area contributed by atoms with Gasteiger partial charge in [0.2, 0.25) is 0 Å². The maximum atomic E-state index is 12.4. The van der Waals surface area contributed by atoms with Crippen LogP contribution < -0.4 is 4.74 Å². The van der Waals surface area contributed by atoms with Crippen LogP contribution in [0.4, 0.5) is 0 Å². The number of hydrogen-bond acceptors (Lipinski definition) is 3. The Morgan fingerprint density at radius 1 is 1.27 bits per heavy atom. The number of likely N-dealkylation sites (tertiary alicyclic amines) is 1. The molecule has 2 aromatic heterocycles. The third-order valence-corrected chi connectivity index (χ3v) is 3.87. The van der Waals surface area contributed by atoms with Crippen LogP contribution in [0.1, 0.15) is 10.4 Å². The predicted octanol–water partition coefficient (Wildman–Crippen LogP) is 2.47. The second kappa shape index (κ2) is 5.18. The number of aromatic amines is 1. The number of pyridine rings is 1. The van der Waals surface area contributed by atoms with Gasteiger partial charge in [0.05, 0.1) is 19.3 Å². The maximum absolute atomic E-state index is 12.4. The average molecular weight is 293 g/mol. The van der Waals surface area contributed by atoms with Gasteiger partial charge < -0.3 is 14.6 Å². The molecule has 1 N–H and O–H groups in total. The number of amides is 1. The number of hydrogen-bond donors (Lipinski definition) is 1. The molecule has 22 heavy (non-hydrogen) atoms. The minimum Gasteiger partial charge on any atom is -0.485 e. The number of fused-ring (bicyclic) bond motifs is 1. The summed E-state index contributed by atoms with van der Waals surface area (Å²) in [6, 6.07) is 11.4. The summed E-state index contributed by atoms with van der Waals surface area (Å²) in [5.41, 5.74) is 1.68. The topological polar surface area (TPSA) is 58.2 Å². The maximum Gasteiger partial charge on any atom is 0.254 e. The number of aromatic nitrogens is 2. The van der Waals surface area contributed by atoms with Gasteiger partial charge in [-0.3, -0.25) is 9.78 Å². The first-order chi connectivity index (χ1) is 10.8. The van der Waals surface area contributed by atoms with Gasteiger partial charge >= 0.3 is 0 Å². The highest BCUT2D eigenvalue weighted by Crippen LogP contribution is 2.21. The van der Waals surface area contributed by atoms with Crippen molar-refractivity contribution < 1.29 is 9.53 Å². The zero-order valence-corrected chi connectivity index (χ0v) is 11.9. The van der Waals surface area contributed by atoms with Gasteiger partial charge in [-0.05, 0) is 35.7 Å². The first-order valence-corrected chi connectivity index (χ1v) is 7.23. The average Bonchev–Trinajstić information content (AvgIpc) is 2.98. The van der Waals surface area contributed by atoms with Gasteiger partial charge in [0.25, 0.3) is 5.91 Å². The third-order valence-electron chi connectivity index (χ3n) is 3.87. The summed E-state index contributed by atoms with van der Waals surface area (Å²) in [5.74, 6) is 0.787. The lowest BCUT2D eigenvalue weighted by Crippen LogP contribution is -2.56. The molecule has 3 aromatic rings. The Balaban J connectivity index is 1.40. The van der Waals surface area contributed by atoms with Gasteiger partial charge in [-0.15, -0.1) is 0 Å². The van der Waals surface area contributed by atoms with Gasteiger partial charge in [0, 0.05) is 23.5 Å². The molecule has 0 saturated carbocycles. The molecule has 1 saturated heterocycles. The van der Waals surface area contributed by atoms with E-state index in [1.54, 1.807) is 17.3 Å². The van der Waals surface area contributed by atoms with Crippen molar-refractivity contribution in [2.24, 2.45) is 0 Å². The normalized spacial score (nSPS) is 14.8. The fraction of sp³-hybridized carbons (Fsp3) is 0.176. The number of nitrogens with one attached hydrogen (secondary N) is 1. The number of carbonyl (C=O) groups excluding carboxylic acids is 1. The number of carbonyl (C=O) groups is 1. The molecule has 0 atom stereocenters. The Morgan fingerprint density at radius 2 is 2.18 bits per heavy atom. The lowest BCUT2D eigenvalue weighted by atomic mass is 10.1. The summed E-state index contributed by atoms with van der Waals surface area (Å²) < 4.78 is 5.76. The van der Waals surface area contributed by atoms with E-state index in [-0.39, 0.29) is 12.0 Å². The van der Waals surface area contributed by atoms with Crippen molar-refractivity contribution in [3.8, 4) is 5.75 Å². The smallest absolute Gasteiger partial charge is 0.254 e. The van der Waals surface area contributed by atoms with E-state index in [0.29, 0.717) is 18.7 Å². The Kier molecular flexibility index (Phi) is 3.04. The number of benzene rings is 1. The molecule has 4 rings (SSSR count). The number of ether oxygens (including phenoxy) is 1. The first-order valence-electron chi connectivity index (χ1n) is 7.23. The Morgan fingerprint density at radius 3 is 3.00 bits per heavy atom. The third kappa shape index (κ3) is 2.30. The van der Waals surface area contributed by atoms with E-state index in [4.69, 9.17) is 4.74 Å². The highest BCUT2D eigenvalue weighted by molar-refractivity contribution is 5.98. The Hall–Kier alpha value is -2.82. The summed E-state index contributed by atoms with van der Waals surface area (Å²) in [4.78, 5) is 21.4. The molecule has 110 valence electrons. The molecule has 0 unspecified atom stereocenters. The molecule has 1 aromatic carbocycles. The van der Waals surface area contributed by atoms with E-state index in [1.165, 1.54) is 0 Å². The molecule has 5 heteroatoms. The van der Waals surface area contributed by atoms with Crippen LogP contribution >= 0.6 is 0 Å². The van der Waals surface area contributed by atoms with Crippen LogP contribution in [-0.2, 0) is 0 Å². The second-order valence-corrected chi connectivity index (χ2v) is 5.42. The van der Waals surface area contributed by atoms with Crippen molar-refractivity contribution in [2.45, 2.75) is 6.10 Å². The van der Waals surface area contributed by atoms with Crippen LogP contribution in [0, 0.1) is 0 Å². The molecule has 1 fully saturated rings. The van der Waals surface area contributed by atoms with E-state index in [2.05, 4.69) is 9.97 Å². The van der Waals surface area contributed by atoms with Crippen molar-refractivity contribution in [1.29, 1.82) is 0 Å². The molecule has 1 aliphatic rings. The SMILES string of the molecule is O=C(c1ccc2cc[nH]c2c1)N1CC(Oc2cccnc2)C1. The van der Waals surface area contributed by atoms with Crippen molar-refractivity contribution in [3.63, 3.8) is 0 Å². The van der Waals surface area contributed by atoms with Crippen molar-refractivity contribution >= 4 is 16.8 Å². The Labute approximate surface area is 127 Å². The number of nitrogens with zero attached hydrogens (tertiary/aromatic N) is 2. The van der Waals surface area contributed by atoms with Crippen LogP contribution in [0.5, 0.6) is 5.75 Å². The van der Waals surface area contributed by atoms with Gasteiger partial charge in [-0.25, -0.2) is 0 Å². The van der Waals surface area contributed by atoms with E-state index in [9.17, 15) is 4.79 Å². The van der Waals surface area contributed by atoms with Crippen molar-refractivity contribution in [1.82, 2.24) is 14.9 Å². The van der Waals surface area contributed by atoms with Crippen LogP contribution in [0.2, 0.25) is 0 Å². The van der Waals surface area contributed by atoms with Crippen LogP contribution in [0.15, 0.2) is 55.0 Å². The molecule has 5 nitrogen and oxygen atoms in total. The molecule has 0 bridgehead atoms. The molecular formula is C17H15N3O2. The second-order valence-electron chi connectivity index (χ2n) is 5.42. The summed E-state index contributed by atoms with van der Waals surface area (Å²) in [6.45, 7) is 1.22. The van der Waals surface area contributed by atoms with Crippen molar-refractivity contribution in [2.75, 3.05) is 13.1 Å². The van der Waals surface area contributed by atoms with Gasteiger partial charge in [-0.1, -0.05) is 6.07 Å². The zero-order valence-electron chi connectivity index (χ0n) is 11.9. The summed E-state index contributed by atoms with van der Waals surface area (Å²) in [6.07, 6.45) is 5.31. The van der Waals surface area contributed by atoms with Gasteiger partial charge in [-0.2, -0.15) is 0 Å². The predicted molar refractivity (Wildman–Crippen MR) is 82.9 cm³/mol.